The van der Waals surface area contributed by atoms with Crippen LogP contribution in [0.4, 0.5) is 13.2 Å². The standard InChI is InChI=1S/C8H6BrF3INO/c1-4-7(13)5(3-9)2-6(14-4)15-8(10,11)12/h2H,3H2,1H3. The molecule has 0 saturated heterocycles. The van der Waals surface area contributed by atoms with Crippen LogP contribution < -0.4 is 4.74 Å². The van der Waals surface area contributed by atoms with Crippen LogP contribution in [0, 0.1) is 10.5 Å². The normalized spacial score (nSPS) is 11.6. The fourth-order valence-electron chi connectivity index (χ4n) is 0.960. The van der Waals surface area contributed by atoms with Crippen LogP contribution in [0.5, 0.6) is 5.88 Å². The van der Waals surface area contributed by atoms with E-state index in [0.29, 0.717) is 11.0 Å². The van der Waals surface area contributed by atoms with Crippen LogP contribution in [0.15, 0.2) is 6.07 Å². The maximum Gasteiger partial charge on any atom is 0.574 e. The minimum atomic E-state index is -4.70. The Hall–Kier alpha value is -0.0500. The minimum absolute atomic E-state index is 0.421. The first-order chi connectivity index (χ1) is 6.83. The molecule has 0 fully saturated rings. The number of aryl methyl sites for hydroxylation is 1. The largest absolute Gasteiger partial charge is 0.574 e. The van der Waals surface area contributed by atoms with Gasteiger partial charge in [0.1, 0.15) is 0 Å². The number of hydrogen-bond donors (Lipinski definition) is 0. The Morgan fingerprint density at radius 3 is 2.60 bits per heavy atom. The number of aromatic nitrogens is 1. The van der Waals surface area contributed by atoms with E-state index < -0.39 is 12.2 Å². The molecule has 0 unspecified atom stereocenters. The molecule has 0 N–H and O–H groups in total. The molecular weight excluding hydrogens is 390 g/mol. The number of halogens is 5. The number of alkyl halides is 4. The highest BCUT2D eigenvalue weighted by molar-refractivity contribution is 14.1. The molecular formula is C8H6BrF3INO. The van der Waals surface area contributed by atoms with Gasteiger partial charge in [0.2, 0.25) is 5.88 Å². The summed E-state index contributed by atoms with van der Waals surface area (Å²) in [5.74, 6) is -0.421. The Labute approximate surface area is 106 Å². The van der Waals surface area contributed by atoms with E-state index in [0.717, 1.165) is 9.13 Å². The fourth-order valence-corrected chi connectivity index (χ4v) is 2.39. The van der Waals surface area contributed by atoms with Gasteiger partial charge in [-0.3, -0.25) is 0 Å². The van der Waals surface area contributed by atoms with Gasteiger partial charge in [-0.05, 0) is 35.1 Å². The molecule has 1 heterocycles. The van der Waals surface area contributed by atoms with Gasteiger partial charge >= 0.3 is 6.36 Å². The van der Waals surface area contributed by atoms with Crippen molar-refractivity contribution in [3.63, 3.8) is 0 Å². The zero-order valence-corrected chi connectivity index (χ0v) is 11.3. The summed E-state index contributed by atoms with van der Waals surface area (Å²) >= 11 is 5.22. The van der Waals surface area contributed by atoms with E-state index in [1.807, 2.05) is 22.6 Å². The third-order valence-corrected chi connectivity index (χ3v) is 3.62. The van der Waals surface area contributed by atoms with Crippen LogP contribution in [0.1, 0.15) is 11.3 Å². The molecule has 0 bridgehead atoms. The minimum Gasteiger partial charge on any atom is -0.388 e. The van der Waals surface area contributed by atoms with E-state index in [1.54, 1.807) is 6.92 Å². The van der Waals surface area contributed by atoms with Crippen LogP contribution in [0.25, 0.3) is 0 Å². The predicted molar refractivity (Wildman–Crippen MR) is 61.0 cm³/mol. The predicted octanol–water partition coefficient (Wildman–Crippen LogP) is 3.79. The van der Waals surface area contributed by atoms with E-state index in [4.69, 9.17) is 0 Å². The van der Waals surface area contributed by atoms with Gasteiger partial charge < -0.3 is 4.74 Å². The molecule has 0 aliphatic heterocycles. The summed E-state index contributed by atoms with van der Waals surface area (Å²) in [6.07, 6.45) is -4.70. The Balaban J connectivity index is 3.06. The fraction of sp³-hybridized carbons (Fsp3) is 0.375. The first-order valence-corrected chi connectivity index (χ1v) is 6.01. The molecule has 7 heteroatoms. The van der Waals surface area contributed by atoms with Crippen molar-refractivity contribution >= 4 is 38.5 Å². The van der Waals surface area contributed by atoms with Gasteiger partial charge in [-0.2, -0.15) is 0 Å². The van der Waals surface area contributed by atoms with Gasteiger partial charge in [0.05, 0.1) is 5.69 Å². The third-order valence-electron chi connectivity index (χ3n) is 1.54. The van der Waals surface area contributed by atoms with Crippen LogP contribution in [-0.2, 0) is 5.33 Å². The van der Waals surface area contributed by atoms with E-state index in [2.05, 4.69) is 25.7 Å². The van der Waals surface area contributed by atoms with Crippen molar-refractivity contribution in [3.05, 3.63) is 20.9 Å². The second kappa shape index (κ2) is 4.86. The summed E-state index contributed by atoms with van der Waals surface area (Å²) in [7, 11) is 0. The average molecular weight is 396 g/mol. The van der Waals surface area contributed by atoms with Gasteiger partial charge in [-0.25, -0.2) is 4.98 Å². The Bertz CT molecular complexity index is 370. The van der Waals surface area contributed by atoms with Crippen molar-refractivity contribution in [2.45, 2.75) is 18.6 Å². The highest BCUT2D eigenvalue weighted by Gasteiger charge is 2.32. The molecule has 0 saturated carbocycles. The number of hydrogen-bond acceptors (Lipinski definition) is 2. The maximum absolute atomic E-state index is 11.9. The van der Waals surface area contributed by atoms with E-state index in [-0.39, 0.29) is 0 Å². The lowest BCUT2D eigenvalue weighted by atomic mass is 10.2. The summed E-state index contributed by atoms with van der Waals surface area (Å²) in [6, 6.07) is 1.27. The molecule has 1 aromatic rings. The number of ether oxygens (including phenoxy) is 1. The molecule has 15 heavy (non-hydrogen) atoms. The molecule has 0 aliphatic rings. The average Bonchev–Trinajstić information content (AvgIpc) is 2.08. The third kappa shape index (κ3) is 3.78. The Morgan fingerprint density at radius 1 is 1.53 bits per heavy atom. The second-order valence-corrected chi connectivity index (χ2v) is 4.34. The summed E-state index contributed by atoms with van der Waals surface area (Å²) in [5, 5.41) is 0.461. The molecule has 0 amide bonds. The summed E-state index contributed by atoms with van der Waals surface area (Å²) < 4.78 is 40.4. The topological polar surface area (TPSA) is 22.1 Å². The molecule has 0 aliphatic carbocycles. The van der Waals surface area contributed by atoms with Crippen molar-refractivity contribution < 1.29 is 17.9 Å². The van der Waals surface area contributed by atoms with Crippen LogP contribution in [0.2, 0.25) is 0 Å². The first-order valence-electron chi connectivity index (χ1n) is 3.81. The Kier molecular flexibility index (Phi) is 4.21. The quantitative estimate of drug-likeness (QED) is 0.561. The van der Waals surface area contributed by atoms with Crippen molar-refractivity contribution in [3.8, 4) is 5.88 Å². The second-order valence-electron chi connectivity index (χ2n) is 2.70. The first kappa shape index (κ1) is 13.0. The van der Waals surface area contributed by atoms with Crippen molar-refractivity contribution in [2.75, 3.05) is 0 Å². The number of rotatable bonds is 2. The molecule has 0 aromatic carbocycles. The Morgan fingerprint density at radius 2 is 2.13 bits per heavy atom. The zero-order valence-electron chi connectivity index (χ0n) is 7.53. The van der Waals surface area contributed by atoms with Gasteiger partial charge in [-0.15, -0.1) is 13.2 Å². The van der Waals surface area contributed by atoms with Gasteiger partial charge in [0.25, 0.3) is 0 Å². The number of pyridine rings is 1. The molecule has 1 aromatic heterocycles. The highest BCUT2D eigenvalue weighted by atomic mass is 127. The van der Waals surface area contributed by atoms with Gasteiger partial charge in [0, 0.05) is 15.0 Å². The smallest absolute Gasteiger partial charge is 0.388 e. The van der Waals surface area contributed by atoms with Crippen molar-refractivity contribution in [1.29, 1.82) is 0 Å². The van der Waals surface area contributed by atoms with Gasteiger partial charge in [-0.1, -0.05) is 15.9 Å². The van der Waals surface area contributed by atoms with Crippen LogP contribution >= 0.6 is 38.5 Å². The van der Waals surface area contributed by atoms with E-state index in [9.17, 15) is 13.2 Å². The lowest BCUT2D eigenvalue weighted by Crippen LogP contribution is -2.18. The molecule has 0 atom stereocenters. The lowest BCUT2D eigenvalue weighted by molar-refractivity contribution is -0.276. The SMILES string of the molecule is Cc1nc(OC(F)(F)F)cc(CBr)c1I. The van der Waals surface area contributed by atoms with Gasteiger partial charge in [0.15, 0.2) is 0 Å². The van der Waals surface area contributed by atoms with E-state index >= 15 is 0 Å². The summed E-state index contributed by atoms with van der Waals surface area (Å²) in [6.45, 7) is 1.64. The molecule has 2 nitrogen and oxygen atoms in total. The van der Waals surface area contributed by atoms with Crippen molar-refractivity contribution in [2.24, 2.45) is 0 Å². The molecule has 84 valence electrons. The summed E-state index contributed by atoms with van der Waals surface area (Å²) in [5.41, 5.74) is 1.24. The lowest BCUT2D eigenvalue weighted by Gasteiger charge is -2.11. The molecule has 1 rings (SSSR count). The molecule has 0 spiro atoms. The maximum atomic E-state index is 11.9. The molecule has 0 radical (unpaired) electrons. The summed E-state index contributed by atoms with van der Waals surface area (Å²) in [4.78, 5) is 3.70. The van der Waals surface area contributed by atoms with Crippen LogP contribution in [0.3, 0.4) is 0 Å². The van der Waals surface area contributed by atoms with Crippen LogP contribution in [-0.4, -0.2) is 11.3 Å². The van der Waals surface area contributed by atoms with E-state index in [1.165, 1.54) is 6.07 Å². The zero-order chi connectivity index (χ0) is 11.6. The monoisotopic (exact) mass is 395 g/mol. The number of nitrogens with zero attached hydrogens (tertiary/aromatic N) is 1. The highest BCUT2D eigenvalue weighted by Crippen LogP contribution is 2.26. The van der Waals surface area contributed by atoms with Crippen molar-refractivity contribution in [1.82, 2.24) is 4.98 Å².